The summed E-state index contributed by atoms with van der Waals surface area (Å²) in [6.45, 7) is 2.14. The first-order valence-electron chi connectivity index (χ1n) is 16.9. The van der Waals surface area contributed by atoms with Gasteiger partial charge in [0.25, 0.3) is 0 Å². The van der Waals surface area contributed by atoms with Crippen LogP contribution in [0.3, 0.4) is 0 Å². The fraction of sp³-hybridized carbons (Fsp3) is 0.0213. The van der Waals surface area contributed by atoms with E-state index in [-0.39, 0.29) is 0 Å². The summed E-state index contributed by atoms with van der Waals surface area (Å²) in [5, 5.41) is 2.46. The van der Waals surface area contributed by atoms with Gasteiger partial charge >= 0.3 is 257 Å². The zero-order valence-corrected chi connectivity index (χ0v) is 29.7. The standard InChI is InChI=1S/C47H37GeN/c1-36-24-32-44(33-25-36)49(47-23-13-15-39-14-11-12-22-46(39)47)45-34-28-38(29-35-45)37-26-30-43(31-27-37)48(40-16-5-2-6-17-40,41-18-7-3-8-19-41)42-20-9-4-10-21-42/h2-35H,1H3. The van der Waals surface area contributed by atoms with Crippen molar-refractivity contribution >= 4 is 58.7 Å². The first-order chi connectivity index (χ1) is 24.2. The maximum atomic E-state index is 2.39. The van der Waals surface area contributed by atoms with Crippen molar-refractivity contribution in [3.8, 4) is 11.1 Å². The third kappa shape index (κ3) is 5.77. The number of benzene rings is 8. The molecule has 8 aromatic rings. The summed E-state index contributed by atoms with van der Waals surface area (Å²) in [4.78, 5) is 2.37. The van der Waals surface area contributed by atoms with Crippen molar-refractivity contribution in [3.05, 3.63) is 212 Å². The van der Waals surface area contributed by atoms with Crippen LogP contribution >= 0.6 is 0 Å². The molecule has 0 spiro atoms. The van der Waals surface area contributed by atoms with E-state index in [1.165, 1.54) is 50.7 Å². The quantitative estimate of drug-likeness (QED) is 0.144. The number of anilines is 3. The molecule has 0 N–H and O–H groups in total. The van der Waals surface area contributed by atoms with Gasteiger partial charge in [-0.1, -0.05) is 29.8 Å². The van der Waals surface area contributed by atoms with E-state index in [4.69, 9.17) is 0 Å². The van der Waals surface area contributed by atoms with Crippen LogP contribution in [0.2, 0.25) is 0 Å². The minimum atomic E-state index is -3.29. The monoisotopic (exact) mass is 689 g/mol. The zero-order valence-electron chi connectivity index (χ0n) is 27.6. The number of nitrogens with zero attached hydrogens (tertiary/aromatic N) is 1. The molecular weight excluding hydrogens is 651 g/mol. The molecule has 0 amide bonds. The summed E-state index contributed by atoms with van der Waals surface area (Å²) in [5.41, 5.74) is 7.11. The van der Waals surface area contributed by atoms with Crippen molar-refractivity contribution in [1.29, 1.82) is 0 Å². The molecule has 0 saturated heterocycles. The summed E-state index contributed by atoms with van der Waals surface area (Å²) in [6.07, 6.45) is 0. The Bertz CT molecular complexity index is 2200. The number of fused-ring (bicyclic) bond motifs is 1. The van der Waals surface area contributed by atoms with Gasteiger partial charge in [-0.2, -0.15) is 0 Å². The molecule has 49 heavy (non-hydrogen) atoms. The number of hydrogen-bond acceptors (Lipinski definition) is 1. The van der Waals surface area contributed by atoms with Gasteiger partial charge in [0.2, 0.25) is 0 Å². The predicted octanol–water partition coefficient (Wildman–Crippen LogP) is 9.66. The first-order valence-corrected chi connectivity index (χ1v) is 21.1. The van der Waals surface area contributed by atoms with Crippen LogP contribution in [-0.4, -0.2) is 13.3 Å². The van der Waals surface area contributed by atoms with Crippen LogP contribution in [0, 0.1) is 6.92 Å². The maximum absolute atomic E-state index is 3.29. The second-order valence-corrected chi connectivity index (χ2v) is 20.6. The molecule has 0 saturated carbocycles. The minimum absolute atomic E-state index is 1.13. The van der Waals surface area contributed by atoms with Gasteiger partial charge in [0.05, 0.1) is 0 Å². The summed E-state index contributed by atoms with van der Waals surface area (Å²) < 4.78 is 5.72. The fourth-order valence-electron chi connectivity index (χ4n) is 7.30. The van der Waals surface area contributed by atoms with Crippen LogP contribution in [0.4, 0.5) is 17.1 Å². The third-order valence-electron chi connectivity index (χ3n) is 9.70. The molecule has 0 atom stereocenters. The summed E-state index contributed by atoms with van der Waals surface area (Å²) >= 11 is -3.29. The summed E-state index contributed by atoms with van der Waals surface area (Å²) in [7, 11) is 0. The van der Waals surface area contributed by atoms with Gasteiger partial charge in [-0.3, -0.25) is 0 Å². The van der Waals surface area contributed by atoms with Crippen LogP contribution in [0.25, 0.3) is 21.9 Å². The molecule has 1 nitrogen and oxygen atoms in total. The van der Waals surface area contributed by atoms with Gasteiger partial charge in [0.1, 0.15) is 0 Å². The SMILES string of the molecule is Cc1ccc(N(c2ccc(-c3cc[c]([Ge]([c]4ccccc4)([c]4ccccc4)[c]4ccccc4)cc3)cc2)c2cccc3ccccc23)cc1. The van der Waals surface area contributed by atoms with Gasteiger partial charge < -0.3 is 0 Å². The van der Waals surface area contributed by atoms with Gasteiger partial charge in [0.15, 0.2) is 0 Å². The van der Waals surface area contributed by atoms with Crippen molar-refractivity contribution in [3.63, 3.8) is 0 Å². The normalized spacial score (nSPS) is 11.4. The molecule has 8 rings (SSSR count). The Morgan fingerprint density at radius 2 is 0.755 bits per heavy atom. The molecule has 0 aromatic heterocycles. The van der Waals surface area contributed by atoms with E-state index in [1.54, 1.807) is 0 Å². The molecule has 0 unspecified atom stereocenters. The van der Waals surface area contributed by atoms with Crippen LogP contribution in [0.15, 0.2) is 206 Å². The van der Waals surface area contributed by atoms with E-state index in [1.807, 2.05) is 0 Å². The molecule has 234 valence electrons. The van der Waals surface area contributed by atoms with E-state index >= 15 is 0 Å². The van der Waals surface area contributed by atoms with Crippen LogP contribution < -0.4 is 22.5 Å². The van der Waals surface area contributed by atoms with E-state index < -0.39 is 13.3 Å². The Balaban J connectivity index is 1.21. The van der Waals surface area contributed by atoms with E-state index in [2.05, 4.69) is 218 Å². The Kier molecular flexibility index (Phi) is 8.43. The van der Waals surface area contributed by atoms with Gasteiger partial charge in [-0.15, -0.1) is 0 Å². The van der Waals surface area contributed by atoms with Crippen molar-refractivity contribution in [2.75, 3.05) is 4.90 Å². The molecule has 8 aromatic carbocycles. The third-order valence-corrected chi connectivity index (χ3v) is 19.8. The summed E-state index contributed by atoms with van der Waals surface area (Å²) in [5.74, 6) is 0. The molecule has 0 aliphatic heterocycles. The Morgan fingerprint density at radius 3 is 1.29 bits per heavy atom. The van der Waals surface area contributed by atoms with Gasteiger partial charge in [-0.05, 0) is 6.92 Å². The van der Waals surface area contributed by atoms with Crippen molar-refractivity contribution in [2.24, 2.45) is 0 Å². The summed E-state index contributed by atoms with van der Waals surface area (Å²) in [6, 6.07) is 76.0. The Labute approximate surface area is 292 Å². The average molecular weight is 688 g/mol. The molecule has 0 radical (unpaired) electrons. The average Bonchev–Trinajstić information content (AvgIpc) is 3.18. The number of aryl methyl sites for hydroxylation is 1. The Morgan fingerprint density at radius 1 is 0.347 bits per heavy atom. The number of hydrogen-bond donors (Lipinski definition) is 0. The molecule has 0 fully saturated rings. The fourth-order valence-corrected chi connectivity index (χ4v) is 17.3. The van der Waals surface area contributed by atoms with E-state index in [0.29, 0.717) is 0 Å². The van der Waals surface area contributed by atoms with Gasteiger partial charge in [-0.25, -0.2) is 0 Å². The predicted molar refractivity (Wildman–Crippen MR) is 212 cm³/mol. The van der Waals surface area contributed by atoms with Crippen LogP contribution in [0.5, 0.6) is 0 Å². The van der Waals surface area contributed by atoms with Crippen molar-refractivity contribution in [2.45, 2.75) is 6.92 Å². The van der Waals surface area contributed by atoms with E-state index in [0.717, 1.165) is 11.4 Å². The molecule has 0 heterocycles. The molecule has 0 aliphatic carbocycles. The van der Waals surface area contributed by atoms with Crippen LogP contribution in [0.1, 0.15) is 5.56 Å². The first kappa shape index (κ1) is 30.7. The molecule has 0 aliphatic rings. The van der Waals surface area contributed by atoms with E-state index in [9.17, 15) is 0 Å². The molecule has 2 heteroatoms. The number of rotatable bonds is 8. The zero-order chi connectivity index (χ0) is 33.0. The second kappa shape index (κ2) is 13.5. The van der Waals surface area contributed by atoms with Crippen molar-refractivity contribution < 1.29 is 0 Å². The topological polar surface area (TPSA) is 3.24 Å². The second-order valence-electron chi connectivity index (χ2n) is 12.6. The van der Waals surface area contributed by atoms with Crippen LogP contribution in [-0.2, 0) is 0 Å². The Hall–Kier alpha value is -5.64. The molecule has 0 bridgehead atoms. The van der Waals surface area contributed by atoms with Crippen molar-refractivity contribution in [1.82, 2.24) is 0 Å². The van der Waals surface area contributed by atoms with Gasteiger partial charge in [0, 0.05) is 0 Å². The molecular formula is C47H37GeN.